The predicted octanol–water partition coefficient (Wildman–Crippen LogP) is 2.34. The van der Waals surface area contributed by atoms with E-state index in [4.69, 9.17) is 0 Å². The molecule has 4 rings (SSSR count). The lowest BCUT2D eigenvalue weighted by molar-refractivity contribution is -0.120. The summed E-state index contributed by atoms with van der Waals surface area (Å²) in [7, 11) is 0. The van der Waals surface area contributed by atoms with Crippen molar-refractivity contribution in [3.05, 3.63) is 35.6 Å². The highest BCUT2D eigenvalue weighted by Crippen LogP contribution is 2.50. The lowest BCUT2D eigenvalue weighted by atomic mass is 9.77. The van der Waals surface area contributed by atoms with E-state index in [0.29, 0.717) is 30.3 Å². The maximum atomic E-state index is 13.0. The Kier molecular flexibility index (Phi) is 2.16. The van der Waals surface area contributed by atoms with Crippen LogP contribution in [-0.2, 0) is 4.79 Å². The van der Waals surface area contributed by atoms with Gasteiger partial charge in [0, 0.05) is 18.0 Å². The normalized spacial score (nSPS) is 41.4. The maximum absolute atomic E-state index is 13.0. The SMILES string of the molecule is O=C1CN2C3CC[C@@H]2C[C@H](c2ccc(F)cc2)C13. The van der Waals surface area contributed by atoms with Crippen LogP contribution < -0.4 is 0 Å². The minimum absolute atomic E-state index is 0.161. The van der Waals surface area contributed by atoms with Crippen molar-refractivity contribution < 1.29 is 9.18 Å². The van der Waals surface area contributed by atoms with Crippen molar-refractivity contribution in [3.63, 3.8) is 0 Å². The van der Waals surface area contributed by atoms with E-state index < -0.39 is 0 Å². The lowest BCUT2D eigenvalue weighted by Gasteiger charge is -2.36. The molecule has 1 aromatic carbocycles. The van der Waals surface area contributed by atoms with Gasteiger partial charge in [0.05, 0.1) is 6.54 Å². The number of benzene rings is 1. The number of nitrogens with zero attached hydrogens (tertiary/aromatic N) is 1. The van der Waals surface area contributed by atoms with Gasteiger partial charge in [0.15, 0.2) is 5.78 Å². The second-order valence-electron chi connectivity index (χ2n) is 5.86. The summed E-state index contributed by atoms with van der Waals surface area (Å²) in [6, 6.07) is 7.80. The van der Waals surface area contributed by atoms with Gasteiger partial charge in [-0.2, -0.15) is 0 Å². The zero-order chi connectivity index (χ0) is 12.3. The largest absolute Gasteiger partial charge is 0.298 e. The number of halogens is 1. The van der Waals surface area contributed by atoms with Crippen LogP contribution in [-0.4, -0.2) is 29.3 Å². The van der Waals surface area contributed by atoms with Gasteiger partial charge in [-0.25, -0.2) is 4.39 Å². The smallest absolute Gasteiger partial charge is 0.152 e. The molecule has 4 bridgehead atoms. The van der Waals surface area contributed by atoms with Crippen molar-refractivity contribution in [1.29, 1.82) is 0 Å². The van der Waals surface area contributed by atoms with Crippen LogP contribution in [0.1, 0.15) is 30.7 Å². The van der Waals surface area contributed by atoms with E-state index in [9.17, 15) is 9.18 Å². The molecule has 1 aromatic rings. The van der Waals surface area contributed by atoms with Crippen molar-refractivity contribution in [1.82, 2.24) is 4.90 Å². The highest BCUT2D eigenvalue weighted by Gasteiger charge is 2.55. The molecule has 3 saturated heterocycles. The van der Waals surface area contributed by atoms with Gasteiger partial charge in [0.25, 0.3) is 0 Å². The Balaban J connectivity index is 1.73. The number of hydrogen-bond donors (Lipinski definition) is 0. The van der Waals surface area contributed by atoms with Crippen LogP contribution in [0.25, 0.3) is 0 Å². The van der Waals surface area contributed by atoms with E-state index in [1.807, 2.05) is 12.1 Å². The minimum atomic E-state index is -0.197. The summed E-state index contributed by atoms with van der Waals surface area (Å²) >= 11 is 0. The maximum Gasteiger partial charge on any atom is 0.152 e. The molecule has 0 saturated carbocycles. The molecule has 0 amide bonds. The van der Waals surface area contributed by atoms with Gasteiger partial charge in [-0.15, -0.1) is 0 Å². The van der Waals surface area contributed by atoms with E-state index in [1.54, 1.807) is 0 Å². The number of hydrogen-bond acceptors (Lipinski definition) is 2. The first-order valence-corrected chi connectivity index (χ1v) is 6.78. The summed E-state index contributed by atoms with van der Waals surface area (Å²) in [6.07, 6.45) is 3.46. The molecule has 18 heavy (non-hydrogen) atoms. The Bertz CT molecular complexity index is 498. The van der Waals surface area contributed by atoms with Crippen molar-refractivity contribution in [3.8, 4) is 0 Å². The van der Waals surface area contributed by atoms with Crippen LogP contribution in [0.15, 0.2) is 24.3 Å². The second-order valence-corrected chi connectivity index (χ2v) is 5.86. The summed E-state index contributed by atoms with van der Waals surface area (Å²) in [6.45, 7) is 0.650. The third-order valence-corrected chi connectivity index (χ3v) is 5.07. The molecule has 3 aliphatic heterocycles. The third-order valence-electron chi connectivity index (χ3n) is 5.07. The molecular formula is C15H16FNO. The van der Waals surface area contributed by atoms with Crippen LogP contribution in [0.5, 0.6) is 0 Å². The average molecular weight is 245 g/mol. The van der Waals surface area contributed by atoms with Crippen LogP contribution in [0.2, 0.25) is 0 Å². The van der Waals surface area contributed by atoms with Gasteiger partial charge in [-0.1, -0.05) is 12.1 Å². The molecule has 94 valence electrons. The first kappa shape index (κ1) is 10.7. The van der Waals surface area contributed by atoms with Crippen molar-refractivity contribution in [2.75, 3.05) is 6.54 Å². The highest BCUT2D eigenvalue weighted by molar-refractivity contribution is 5.87. The fourth-order valence-electron chi connectivity index (χ4n) is 4.34. The molecule has 0 N–H and O–H groups in total. The first-order chi connectivity index (χ1) is 8.74. The molecule has 3 heteroatoms. The van der Waals surface area contributed by atoms with E-state index in [-0.39, 0.29) is 11.7 Å². The van der Waals surface area contributed by atoms with Crippen LogP contribution >= 0.6 is 0 Å². The van der Waals surface area contributed by atoms with Gasteiger partial charge in [-0.05, 0) is 42.9 Å². The number of carbonyl (C=O) groups excluding carboxylic acids is 1. The number of ketones is 1. The molecule has 0 spiro atoms. The summed E-state index contributed by atoms with van der Waals surface area (Å²) in [5.41, 5.74) is 1.15. The molecule has 3 aliphatic rings. The Morgan fingerprint density at radius 1 is 1.17 bits per heavy atom. The van der Waals surface area contributed by atoms with Crippen molar-refractivity contribution >= 4 is 5.78 Å². The average Bonchev–Trinajstić information content (AvgIpc) is 2.76. The predicted molar refractivity (Wildman–Crippen MR) is 65.8 cm³/mol. The molecule has 0 aliphatic carbocycles. The fourth-order valence-corrected chi connectivity index (χ4v) is 4.34. The zero-order valence-electron chi connectivity index (χ0n) is 10.2. The Morgan fingerprint density at radius 2 is 1.94 bits per heavy atom. The number of carbonyl (C=O) groups is 1. The van der Waals surface area contributed by atoms with Gasteiger partial charge in [0.1, 0.15) is 5.82 Å². The van der Waals surface area contributed by atoms with Crippen LogP contribution in [0.3, 0.4) is 0 Å². The van der Waals surface area contributed by atoms with Gasteiger partial charge in [-0.3, -0.25) is 9.69 Å². The summed E-state index contributed by atoms with van der Waals surface area (Å²) in [4.78, 5) is 14.6. The third kappa shape index (κ3) is 1.34. The van der Waals surface area contributed by atoms with E-state index in [0.717, 1.165) is 12.0 Å². The summed E-state index contributed by atoms with van der Waals surface area (Å²) < 4.78 is 13.0. The van der Waals surface area contributed by atoms with Crippen molar-refractivity contribution in [2.45, 2.75) is 37.3 Å². The Labute approximate surface area is 106 Å². The number of Topliss-reactive ketones (excluding diaryl/α,β-unsaturated/α-hetero) is 1. The Hall–Kier alpha value is -1.22. The van der Waals surface area contributed by atoms with Crippen LogP contribution in [0.4, 0.5) is 4.39 Å². The van der Waals surface area contributed by atoms with Gasteiger partial charge >= 0.3 is 0 Å². The molecular weight excluding hydrogens is 229 g/mol. The quantitative estimate of drug-likeness (QED) is 0.757. The molecule has 0 radical (unpaired) electrons. The lowest BCUT2D eigenvalue weighted by Crippen LogP contribution is -2.40. The monoisotopic (exact) mass is 245 g/mol. The highest BCUT2D eigenvalue weighted by atomic mass is 19.1. The summed E-state index contributed by atoms with van der Waals surface area (Å²) in [5.74, 6) is 0.678. The number of piperidine rings is 1. The van der Waals surface area contributed by atoms with E-state index >= 15 is 0 Å². The topological polar surface area (TPSA) is 20.3 Å². The second kappa shape index (κ2) is 3.64. The van der Waals surface area contributed by atoms with Crippen LogP contribution in [0, 0.1) is 11.7 Å². The Morgan fingerprint density at radius 3 is 2.72 bits per heavy atom. The standard InChI is InChI=1S/C15H16FNO/c16-10-3-1-9(2-4-10)12-7-11-5-6-13-15(12)14(18)8-17(11)13/h1-4,11-13,15H,5-8H2/t11-,12-,13?,15?/m1/s1. The van der Waals surface area contributed by atoms with Gasteiger partial charge in [0.2, 0.25) is 0 Å². The minimum Gasteiger partial charge on any atom is -0.298 e. The molecule has 5 atom stereocenters. The molecule has 2 nitrogen and oxygen atoms in total. The molecule has 3 unspecified atom stereocenters. The summed E-state index contributed by atoms with van der Waals surface area (Å²) in [5, 5.41) is 0. The molecule has 3 fully saturated rings. The number of rotatable bonds is 1. The van der Waals surface area contributed by atoms with Crippen molar-refractivity contribution in [2.24, 2.45) is 5.92 Å². The van der Waals surface area contributed by atoms with Gasteiger partial charge < -0.3 is 0 Å². The molecule has 0 aromatic heterocycles. The van der Waals surface area contributed by atoms with E-state index in [2.05, 4.69) is 4.90 Å². The molecule has 3 heterocycles. The first-order valence-electron chi connectivity index (χ1n) is 6.78. The van der Waals surface area contributed by atoms with E-state index in [1.165, 1.54) is 25.0 Å². The fraction of sp³-hybridized carbons (Fsp3) is 0.533. The zero-order valence-corrected chi connectivity index (χ0v) is 10.2.